The first-order valence-corrected chi connectivity index (χ1v) is 9.55. The molecule has 2 aliphatic heterocycles. The first-order valence-electron chi connectivity index (χ1n) is 9.55. The lowest BCUT2D eigenvalue weighted by molar-refractivity contribution is 0.0625. The van der Waals surface area contributed by atoms with Crippen LogP contribution in [-0.2, 0) is 17.7 Å². The van der Waals surface area contributed by atoms with E-state index in [1.54, 1.807) is 0 Å². The number of aryl methyl sites for hydroxylation is 2. The van der Waals surface area contributed by atoms with Gasteiger partial charge in [-0.15, -0.1) is 10.2 Å². The molecule has 0 radical (unpaired) electrons. The molecule has 1 atom stereocenters. The fraction of sp³-hybridized carbons (Fsp3) is 0.833. The van der Waals surface area contributed by atoms with Crippen molar-refractivity contribution < 1.29 is 4.74 Å². The summed E-state index contributed by atoms with van der Waals surface area (Å²) in [4.78, 5) is 6.72. The van der Waals surface area contributed by atoms with E-state index in [0.29, 0.717) is 5.92 Å². The first kappa shape index (κ1) is 18.2. The summed E-state index contributed by atoms with van der Waals surface area (Å²) in [5.74, 6) is 4.55. The highest BCUT2D eigenvalue weighted by Gasteiger charge is 2.22. The monoisotopic (exact) mass is 348 g/mol. The van der Waals surface area contributed by atoms with Crippen molar-refractivity contribution in [2.75, 3.05) is 40.4 Å². The van der Waals surface area contributed by atoms with E-state index in [1.807, 2.05) is 14.0 Å². The van der Waals surface area contributed by atoms with Crippen LogP contribution in [0.1, 0.15) is 37.3 Å². The molecule has 1 unspecified atom stereocenters. The average molecular weight is 348 g/mol. The molecule has 1 aromatic rings. The molecular formula is C18H32N6O. The summed E-state index contributed by atoms with van der Waals surface area (Å²) in [6.45, 7) is 6.88. The number of ether oxygens (including phenoxy) is 1. The zero-order valence-corrected chi connectivity index (χ0v) is 15.9. The number of nitrogens with zero attached hydrogens (tertiary/aromatic N) is 5. The van der Waals surface area contributed by atoms with Crippen LogP contribution in [0.15, 0.2) is 4.99 Å². The Balaban J connectivity index is 1.43. The average Bonchev–Trinajstić information content (AvgIpc) is 3.02. The molecule has 3 rings (SSSR count). The molecule has 0 bridgehead atoms. The molecule has 25 heavy (non-hydrogen) atoms. The summed E-state index contributed by atoms with van der Waals surface area (Å²) >= 11 is 0. The molecule has 1 saturated heterocycles. The number of aromatic nitrogens is 3. The molecule has 1 N–H and O–H groups in total. The molecule has 0 saturated carbocycles. The number of hydrogen-bond acceptors (Lipinski definition) is 4. The molecule has 1 fully saturated rings. The summed E-state index contributed by atoms with van der Waals surface area (Å²) in [5.41, 5.74) is 0. The number of rotatable bonds is 5. The van der Waals surface area contributed by atoms with E-state index in [-0.39, 0.29) is 0 Å². The third-order valence-corrected chi connectivity index (χ3v) is 5.57. The van der Waals surface area contributed by atoms with Crippen LogP contribution in [0.5, 0.6) is 0 Å². The van der Waals surface area contributed by atoms with Crippen LogP contribution in [-0.4, -0.2) is 66.0 Å². The van der Waals surface area contributed by atoms with Crippen LogP contribution in [0.3, 0.4) is 0 Å². The highest BCUT2D eigenvalue weighted by molar-refractivity contribution is 5.79. The Morgan fingerprint density at radius 2 is 2.08 bits per heavy atom. The van der Waals surface area contributed by atoms with Gasteiger partial charge in [0.25, 0.3) is 0 Å². The van der Waals surface area contributed by atoms with Crippen molar-refractivity contribution in [2.24, 2.45) is 16.8 Å². The van der Waals surface area contributed by atoms with E-state index in [9.17, 15) is 0 Å². The second kappa shape index (κ2) is 8.65. The third kappa shape index (κ3) is 4.71. The molecular weight excluding hydrogens is 316 g/mol. The molecule has 0 spiro atoms. The van der Waals surface area contributed by atoms with Gasteiger partial charge in [0.15, 0.2) is 5.96 Å². The first-order chi connectivity index (χ1) is 12.2. The van der Waals surface area contributed by atoms with Gasteiger partial charge in [0.2, 0.25) is 0 Å². The van der Waals surface area contributed by atoms with Crippen molar-refractivity contribution in [1.29, 1.82) is 0 Å². The lowest BCUT2D eigenvalue weighted by Crippen LogP contribution is -2.43. The van der Waals surface area contributed by atoms with Crippen molar-refractivity contribution in [1.82, 2.24) is 25.0 Å². The zero-order valence-electron chi connectivity index (χ0n) is 15.9. The molecule has 0 aromatic carbocycles. The van der Waals surface area contributed by atoms with Gasteiger partial charge in [-0.05, 0) is 44.4 Å². The minimum atomic E-state index is 0.600. The summed E-state index contributed by atoms with van der Waals surface area (Å²) in [6, 6.07) is 0. The Morgan fingerprint density at radius 3 is 2.84 bits per heavy atom. The Morgan fingerprint density at radius 1 is 1.28 bits per heavy atom. The lowest BCUT2D eigenvalue weighted by atomic mass is 9.96. The van der Waals surface area contributed by atoms with Crippen LogP contribution in [0.4, 0.5) is 0 Å². The zero-order chi connectivity index (χ0) is 17.6. The maximum Gasteiger partial charge on any atom is 0.193 e. The lowest BCUT2D eigenvalue weighted by Gasteiger charge is -2.29. The summed E-state index contributed by atoms with van der Waals surface area (Å²) in [7, 11) is 4.01. The minimum absolute atomic E-state index is 0.600. The van der Waals surface area contributed by atoms with E-state index in [1.165, 1.54) is 19.3 Å². The minimum Gasteiger partial charge on any atom is -0.381 e. The smallest absolute Gasteiger partial charge is 0.193 e. The van der Waals surface area contributed by atoms with Crippen LogP contribution in [0, 0.1) is 18.8 Å². The fourth-order valence-electron chi connectivity index (χ4n) is 3.83. The predicted octanol–water partition coefficient (Wildman–Crippen LogP) is 1.47. The molecule has 1 aromatic heterocycles. The molecule has 0 aliphatic carbocycles. The Kier molecular flexibility index (Phi) is 6.29. The summed E-state index contributed by atoms with van der Waals surface area (Å²) in [6.07, 6.45) is 5.79. The number of fused-ring (bicyclic) bond motifs is 1. The van der Waals surface area contributed by atoms with Gasteiger partial charge in [0.05, 0.1) is 0 Å². The van der Waals surface area contributed by atoms with Gasteiger partial charge in [-0.3, -0.25) is 4.99 Å². The summed E-state index contributed by atoms with van der Waals surface area (Å²) < 4.78 is 7.71. The van der Waals surface area contributed by atoms with Crippen molar-refractivity contribution >= 4 is 5.96 Å². The summed E-state index contributed by atoms with van der Waals surface area (Å²) in [5, 5.41) is 12.0. The topological polar surface area (TPSA) is 67.6 Å². The van der Waals surface area contributed by atoms with Gasteiger partial charge in [0.1, 0.15) is 11.6 Å². The number of hydrogen-bond donors (Lipinski definition) is 1. The largest absolute Gasteiger partial charge is 0.381 e. The molecule has 140 valence electrons. The molecule has 0 amide bonds. The van der Waals surface area contributed by atoms with Crippen LogP contribution >= 0.6 is 0 Å². The fourth-order valence-corrected chi connectivity index (χ4v) is 3.83. The number of guanidine groups is 1. The maximum atomic E-state index is 5.45. The van der Waals surface area contributed by atoms with Gasteiger partial charge in [-0.25, -0.2) is 0 Å². The number of nitrogens with one attached hydrogen (secondary N) is 1. The Labute approximate surface area is 150 Å². The Hall–Kier alpha value is -1.63. The highest BCUT2D eigenvalue weighted by Crippen LogP contribution is 2.20. The molecule has 7 heteroatoms. The van der Waals surface area contributed by atoms with Gasteiger partial charge in [-0.1, -0.05) is 0 Å². The second-order valence-corrected chi connectivity index (χ2v) is 7.37. The van der Waals surface area contributed by atoms with Crippen LogP contribution in [0.25, 0.3) is 0 Å². The van der Waals surface area contributed by atoms with Crippen LogP contribution in [0.2, 0.25) is 0 Å². The molecule has 3 heterocycles. The van der Waals surface area contributed by atoms with E-state index in [4.69, 9.17) is 4.74 Å². The van der Waals surface area contributed by atoms with Gasteiger partial charge < -0.3 is 19.5 Å². The SMILES string of the molecule is CN=C(NCC1CCc2nnc(C)n2C1)N(C)CCC1CCOCC1. The maximum absolute atomic E-state index is 5.45. The van der Waals surface area contributed by atoms with Gasteiger partial charge in [0, 0.05) is 53.4 Å². The quantitative estimate of drug-likeness (QED) is 0.645. The third-order valence-electron chi connectivity index (χ3n) is 5.57. The van der Waals surface area contributed by atoms with E-state index < -0.39 is 0 Å². The highest BCUT2D eigenvalue weighted by atomic mass is 16.5. The van der Waals surface area contributed by atoms with Crippen LogP contribution < -0.4 is 5.32 Å². The van der Waals surface area contributed by atoms with E-state index in [2.05, 4.69) is 37.0 Å². The van der Waals surface area contributed by atoms with Crippen molar-refractivity contribution in [2.45, 2.75) is 45.6 Å². The van der Waals surface area contributed by atoms with Crippen molar-refractivity contribution in [3.05, 3.63) is 11.6 Å². The van der Waals surface area contributed by atoms with Crippen molar-refractivity contribution in [3.8, 4) is 0 Å². The van der Waals surface area contributed by atoms with Gasteiger partial charge >= 0.3 is 0 Å². The van der Waals surface area contributed by atoms with Gasteiger partial charge in [-0.2, -0.15) is 0 Å². The molecule has 2 aliphatic rings. The Bertz CT molecular complexity index is 578. The van der Waals surface area contributed by atoms with Crippen molar-refractivity contribution in [3.63, 3.8) is 0 Å². The number of aliphatic imine (C=N–C) groups is 1. The molecule has 7 nitrogen and oxygen atoms in total. The normalized spacial score (nSPS) is 21.9. The van der Waals surface area contributed by atoms with E-state index >= 15 is 0 Å². The standard InChI is InChI=1S/C18H32N6O/c1-14-21-22-17-5-4-16(13-24(14)17)12-20-18(19-2)23(3)9-6-15-7-10-25-11-8-15/h15-16H,4-13H2,1-3H3,(H,19,20). The predicted molar refractivity (Wildman–Crippen MR) is 98.7 cm³/mol. The second-order valence-electron chi connectivity index (χ2n) is 7.37. The van der Waals surface area contributed by atoms with E-state index in [0.717, 1.165) is 69.2 Å².